The van der Waals surface area contributed by atoms with Gasteiger partial charge >= 0.3 is 0 Å². The number of benzene rings is 2. The topological polar surface area (TPSA) is 109 Å². The number of hydrogen-bond acceptors (Lipinski definition) is 5. The Hall–Kier alpha value is -3.70. The first-order valence-electron chi connectivity index (χ1n) is 8.41. The highest BCUT2D eigenvalue weighted by Gasteiger charge is 2.18. The minimum atomic E-state index is -0.763. The molecular formula is C21H14BrN3O4. The third kappa shape index (κ3) is 4.78. The second-order valence-electron chi connectivity index (χ2n) is 6.11. The summed E-state index contributed by atoms with van der Waals surface area (Å²) in [6.07, 6.45) is 1.29. The van der Waals surface area contributed by atoms with Crippen LogP contribution >= 0.6 is 15.9 Å². The molecule has 0 spiro atoms. The van der Waals surface area contributed by atoms with Crippen LogP contribution in [0.25, 0.3) is 17.4 Å². The fourth-order valence-electron chi connectivity index (χ4n) is 2.58. The molecular weight excluding hydrogens is 438 g/mol. The molecule has 1 N–H and O–H groups in total. The van der Waals surface area contributed by atoms with E-state index in [0.717, 1.165) is 10.0 Å². The lowest BCUT2D eigenvalue weighted by Gasteiger charge is -2.05. The van der Waals surface area contributed by atoms with Gasteiger partial charge < -0.3 is 9.73 Å². The number of nitriles is 1. The van der Waals surface area contributed by atoms with Gasteiger partial charge in [-0.15, -0.1) is 0 Å². The van der Waals surface area contributed by atoms with Crippen molar-refractivity contribution in [1.29, 1.82) is 5.26 Å². The SMILES string of the molecule is Cc1ccc(NC(=O)/C(C#N)=C/c2ccc(-c3ccc(Br)cc3)o2)c([N+](=O)[O-])c1. The molecule has 0 bridgehead atoms. The number of carbonyl (C=O) groups is 1. The number of halogens is 1. The average Bonchev–Trinajstić information content (AvgIpc) is 3.16. The van der Waals surface area contributed by atoms with Crippen molar-refractivity contribution in [3.8, 4) is 17.4 Å². The van der Waals surface area contributed by atoms with Gasteiger partial charge in [0.1, 0.15) is 28.9 Å². The van der Waals surface area contributed by atoms with Crippen molar-refractivity contribution in [2.45, 2.75) is 6.92 Å². The van der Waals surface area contributed by atoms with Gasteiger partial charge in [0, 0.05) is 22.2 Å². The van der Waals surface area contributed by atoms with Gasteiger partial charge in [0.05, 0.1) is 4.92 Å². The number of nitro groups is 1. The molecule has 0 unspecified atom stereocenters. The summed E-state index contributed by atoms with van der Waals surface area (Å²) in [5.74, 6) is 0.129. The molecule has 29 heavy (non-hydrogen) atoms. The number of amides is 1. The summed E-state index contributed by atoms with van der Waals surface area (Å²) < 4.78 is 6.62. The molecule has 144 valence electrons. The van der Waals surface area contributed by atoms with Gasteiger partial charge in [0.15, 0.2) is 0 Å². The molecule has 0 saturated carbocycles. The van der Waals surface area contributed by atoms with Gasteiger partial charge in [-0.2, -0.15) is 5.26 Å². The highest BCUT2D eigenvalue weighted by atomic mass is 79.9. The Balaban J connectivity index is 1.84. The van der Waals surface area contributed by atoms with E-state index in [0.29, 0.717) is 17.1 Å². The normalized spacial score (nSPS) is 11.0. The molecule has 0 atom stereocenters. The molecule has 8 heteroatoms. The predicted octanol–water partition coefficient (Wildman–Crippen LogP) is 5.47. The van der Waals surface area contributed by atoms with Crippen molar-refractivity contribution in [3.63, 3.8) is 0 Å². The molecule has 7 nitrogen and oxygen atoms in total. The van der Waals surface area contributed by atoms with Crippen LogP contribution in [0.1, 0.15) is 11.3 Å². The number of nitrogens with one attached hydrogen (secondary N) is 1. The third-order valence-electron chi connectivity index (χ3n) is 4.01. The number of nitro benzene ring substituents is 1. The van der Waals surface area contributed by atoms with E-state index in [9.17, 15) is 20.2 Å². The van der Waals surface area contributed by atoms with Crippen LogP contribution < -0.4 is 5.32 Å². The van der Waals surface area contributed by atoms with E-state index in [-0.39, 0.29) is 16.9 Å². The molecule has 0 aliphatic carbocycles. The van der Waals surface area contributed by atoms with E-state index in [4.69, 9.17) is 4.42 Å². The first-order chi connectivity index (χ1) is 13.9. The highest BCUT2D eigenvalue weighted by Crippen LogP contribution is 2.27. The predicted molar refractivity (Wildman–Crippen MR) is 112 cm³/mol. The molecule has 0 aliphatic rings. The number of nitrogens with zero attached hydrogens (tertiary/aromatic N) is 2. The largest absolute Gasteiger partial charge is 0.457 e. The number of furan rings is 1. The molecule has 1 amide bonds. The Morgan fingerprint density at radius 3 is 2.59 bits per heavy atom. The zero-order valence-corrected chi connectivity index (χ0v) is 16.8. The summed E-state index contributed by atoms with van der Waals surface area (Å²) in [6.45, 7) is 1.71. The van der Waals surface area contributed by atoms with E-state index in [2.05, 4.69) is 21.2 Å². The van der Waals surface area contributed by atoms with E-state index >= 15 is 0 Å². The number of aryl methyl sites for hydroxylation is 1. The zero-order chi connectivity index (χ0) is 21.0. The third-order valence-corrected chi connectivity index (χ3v) is 4.53. The lowest BCUT2D eigenvalue weighted by molar-refractivity contribution is -0.384. The number of rotatable bonds is 5. The Morgan fingerprint density at radius 1 is 1.21 bits per heavy atom. The van der Waals surface area contributed by atoms with Crippen molar-refractivity contribution in [3.05, 3.63) is 86.1 Å². The van der Waals surface area contributed by atoms with Gasteiger partial charge in [0.25, 0.3) is 11.6 Å². The van der Waals surface area contributed by atoms with Gasteiger partial charge in [-0.25, -0.2) is 0 Å². The molecule has 1 heterocycles. The van der Waals surface area contributed by atoms with E-state index in [1.54, 1.807) is 31.2 Å². The molecule has 0 saturated heterocycles. The van der Waals surface area contributed by atoms with Crippen LogP contribution in [0.15, 0.2) is 69.1 Å². The van der Waals surface area contributed by atoms with Crippen molar-refractivity contribution in [2.24, 2.45) is 0 Å². The molecule has 3 aromatic rings. The lowest BCUT2D eigenvalue weighted by Crippen LogP contribution is -2.14. The summed E-state index contributed by atoms with van der Waals surface area (Å²) >= 11 is 3.36. The average molecular weight is 452 g/mol. The first kappa shape index (κ1) is 20.0. The van der Waals surface area contributed by atoms with Gasteiger partial charge in [-0.1, -0.05) is 34.1 Å². The quantitative estimate of drug-likeness (QED) is 0.239. The first-order valence-corrected chi connectivity index (χ1v) is 9.20. The number of hydrogen-bond donors (Lipinski definition) is 1. The van der Waals surface area contributed by atoms with E-state index in [1.807, 2.05) is 24.3 Å². The van der Waals surface area contributed by atoms with Crippen LogP contribution in [-0.2, 0) is 4.79 Å². The Kier molecular flexibility index (Phi) is 5.90. The minimum absolute atomic E-state index is 0.0155. The van der Waals surface area contributed by atoms with Crippen molar-refractivity contribution in [2.75, 3.05) is 5.32 Å². The summed E-state index contributed by atoms with van der Waals surface area (Å²) in [5.41, 5.74) is 1.05. The molecule has 2 aromatic carbocycles. The fraction of sp³-hybridized carbons (Fsp3) is 0.0476. The highest BCUT2D eigenvalue weighted by molar-refractivity contribution is 9.10. The maximum atomic E-state index is 12.5. The molecule has 0 aliphatic heterocycles. The maximum absolute atomic E-state index is 12.5. The standard InChI is InChI=1S/C21H14BrN3O4/c1-13-2-8-18(19(10-13)25(27)28)24-21(26)15(12-23)11-17-7-9-20(29-17)14-3-5-16(22)6-4-14/h2-11H,1H3,(H,24,26)/b15-11+. The van der Waals surface area contributed by atoms with Gasteiger partial charge in [-0.05, 0) is 42.8 Å². The van der Waals surface area contributed by atoms with E-state index in [1.165, 1.54) is 18.2 Å². The minimum Gasteiger partial charge on any atom is -0.457 e. The molecule has 0 fully saturated rings. The zero-order valence-electron chi connectivity index (χ0n) is 15.2. The summed E-state index contributed by atoms with van der Waals surface area (Å²) in [4.78, 5) is 23.1. The van der Waals surface area contributed by atoms with Crippen molar-refractivity contribution >= 4 is 39.3 Å². The van der Waals surface area contributed by atoms with Crippen molar-refractivity contribution in [1.82, 2.24) is 0 Å². The fourth-order valence-corrected chi connectivity index (χ4v) is 2.84. The second kappa shape index (κ2) is 8.54. The second-order valence-corrected chi connectivity index (χ2v) is 7.03. The maximum Gasteiger partial charge on any atom is 0.293 e. The monoisotopic (exact) mass is 451 g/mol. The van der Waals surface area contributed by atoms with Crippen LogP contribution in [0.4, 0.5) is 11.4 Å². The van der Waals surface area contributed by atoms with E-state index < -0.39 is 10.8 Å². The Bertz CT molecular complexity index is 1160. The van der Waals surface area contributed by atoms with Gasteiger partial charge in [-0.3, -0.25) is 14.9 Å². The van der Waals surface area contributed by atoms with Gasteiger partial charge in [0.2, 0.25) is 0 Å². The Morgan fingerprint density at radius 2 is 1.93 bits per heavy atom. The molecule has 3 rings (SSSR count). The summed E-state index contributed by atoms with van der Waals surface area (Å²) in [6, 6.07) is 17.1. The smallest absolute Gasteiger partial charge is 0.293 e. The lowest BCUT2D eigenvalue weighted by atomic mass is 10.1. The van der Waals surface area contributed by atoms with Crippen LogP contribution in [0.5, 0.6) is 0 Å². The molecule has 1 aromatic heterocycles. The summed E-state index contributed by atoms with van der Waals surface area (Å²) in [5, 5.41) is 23.0. The van der Waals surface area contributed by atoms with Crippen LogP contribution in [0.2, 0.25) is 0 Å². The van der Waals surface area contributed by atoms with Crippen LogP contribution in [0.3, 0.4) is 0 Å². The number of anilines is 1. The number of carbonyl (C=O) groups excluding carboxylic acids is 1. The molecule has 0 radical (unpaired) electrons. The summed E-state index contributed by atoms with van der Waals surface area (Å²) in [7, 11) is 0. The van der Waals surface area contributed by atoms with Crippen molar-refractivity contribution < 1.29 is 14.1 Å². The Labute approximate surface area is 174 Å². The van der Waals surface area contributed by atoms with Crippen LogP contribution in [0, 0.1) is 28.4 Å². The van der Waals surface area contributed by atoms with Crippen LogP contribution in [-0.4, -0.2) is 10.8 Å².